The van der Waals surface area contributed by atoms with E-state index in [9.17, 15) is 4.79 Å². The normalized spacial score (nSPS) is 10.7. The van der Waals surface area contributed by atoms with E-state index < -0.39 is 0 Å². The van der Waals surface area contributed by atoms with Crippen LogP contribution in [0.1, 0.15) is 11.1 Å². The molecule has 0 saturated heterocycles. The minimum absolute atomic E-state index is 0.294. The molecule has 0 aliphatic heterocycles. The first-order chi connectivity index (χ1) is 6.70. The van der Waals surface area contributed by atoms with Crippen LogP contribution in [0, 0.1) is 6.92 Å². The number of aryl methyl sites for hydroxylation is 1. The molecule has 2 aromatic rings. The van der Waals surface area contributed by atoms with Crippen molar-refractivity contribution < 1.29 is 4.42 Å². The summed E-state index contributed by atoms with van der Waals surface area (Å²) >= 11 is 3.35. The monoisotopic (exact) mass is 252 g/mol. The SMILES string of the molecule is Cc1ccc2c(CBr)cc(=O)oc2c1. The fourth-order valence-corrected chi connectivity index (χ4v) is 1.91. The Kier molecular flexibility index (Phi) is 2.42. The van der Waals surface area contributed by atoms with Crippen LogP contribution in [0.25, 0.3) is 11.0 Å². The van der Waals surface area contributed by atoms with E-state index in [1.807, 2.05) is 25.1 Å². The maximum atomic E-state index is 11.2. The number of hydrogen-bond acceptors (Lipinski definition) is 2. The molecule has 72 valence electrons. The van der Waals surface area contributed by atoms with Crippen molar-refractivity contribution in [1.82, 2.24) is 0 Å². The van der Waals surface area contributed by atoms with Crippen LogP contribution in [-0.4, -0.2) is 0 Å². The zero-order valence-electron chi connectivity index (χ0n) is 7.71. The average Bonchev–Trinajstić information content (AvgIpc) is 2.15. The topological polar surface area (TPSA) is 30.2 Å². The van der Waals surface area contributed by atoms with Gasteiger partial charge in [0, 0.05) is 16.8 Å². The lowest BCUT2D eigenvalue weighted by atomic mass is 10.1. The third-order valence-electron chi connectivity index (χ3n) is 2.13. The molecule has 2 rings (SSSR count). The van der Waals surface area contributed by atoms with Crippen molar-refractivity contribution in [3.63, 3.8) is 0 Å². The van der Waals surface area contributed by atoms with E-state index in [2.05, 4.69) is 15.9 Å². The molecule has 0 N–H and O–H groups in total. The van der Waals surface area contributed by atoms with Crippen LogP contribution in [0.3, 0.4) is 0 Å². The highest BCUT2D eigenvalue weighted by molar-refractivity contribution is 9.08. The van der Waals surface area contributed by atoms with E-state index in [0.29, 0.717) is 10.9 Å². The van der Waals surface area contributed by atoms with Crippen LogP contribution in [-0.2, 0) is 5.33 Å². The zero-order valence-corrected chi connectivity index (χ0v) is 9.30. The quantitative estimate of drug-likeness (QED) is 0.577. The van der Waals surface area contributed by atoms with Crippen molar-refractivity contribution in [3.05, 3.63) is 45.8 Å². The number of benzene rings is 1. The van der Waals surface area contributed by atoms with Crippen molar-refractivity contribution in [3.8, 4) is 0 Å². The van der Waals surface area contributed by atoms with Gasteiger partial charge in [-0.05, 0) is 24.1 Å². The summed E-state index contributed by atoms with van der Waals surface area (Å²) in [6.07, 6.45) is 0. The molecule has 3 heteroatoms. The smallest absolute Gasteiger partial charge is 0.336 e. The summed E-state index contributed by atoms with van der Waals surface area (Å²) in [5.41, 5.74) is 2.42. The van der Waals surface area contributed by atoms with E-state index in [0.717, 1.165) is 16.5 Å². The summed E-state index contributed by atoms with van der Waals surface area (Å²) in [5, 5.41) is 1.66. The first kappa shape index (κ1) is 9.46. The second-order valence-corrected chi connectivity index (χ2v) is 3.78. The Balaban J connectivity index is 2.87. The fraction of sp³-hybridized carbons (Fsp3) is 0.182. The number of hydrogen-bond donors (Lipinski definition) is 0. The van der Waals surface area contributed by atoms with Crippen LogP contribution in [0.5, 0.6) is 0 Å². The summed E-state index contributed by atoms with van der Waals surface area (Å²) in [4.78, 5) is 11.2. The van der Waals surface area contributed by atoms with Gasteiger partial charge in [-0.1, -0.05) is 28.1 Å². The van der Waals surface area contributed by atoms with E-state index >= 15 is 0 Å². The van der Waals surface area contributed by atoms with Crippen molar-refractivity contribution in [1.29, 1.82) is 0 Å². The molecular formula is C11H9BrO2. The Labute approximate surface area is 89.7 Å². The van der Waals surface area contributed by atoms with Gasteiger partial charge in [0.05, 0.1) is 0 Å². The summed E-state index contributed by atoms with van der Waals surface area (Å²) in [6, 6.07) is 7.38. The predicted molar refractivity (Wildman–Crippen MR) is 59.9 cm³/mol. The highest BCUT2D eigenvalue weighted by atomic mass is 79.9. The van der Waals surface area contributed by atoms with Gasteiger partial charge in [0.15, 0.2) is 0 Å². The number of alkyl halides is 1. The first-order valence-corrected chi connectivity index (χ1v) is 5.42. The van der Waals surface area contributed by atoms with Gasteiger partial charge in [-0.15, -0.1) is 0 Å². The van der Waals surface area contributed by atoms with Gasteiger partial charge >= 0.3 is 5.63 Å². The van der Waals surface area contributed by atoms with E-state index in [4.69, 9.17) is 4.42 Å². The summed E-state index contributed by atoms with van der Waals surface area (Å²) in [5.74, 6) is 0. The largest absolute Gasteiger partial charge is 0.423 e. The van der Waals surface area contributed by atoms with Crippen molar-refractivity contribution >= 4 is 26.9 Å². The molecule has 0 saturated carbocycles. The molecule has 1 heterocycles. The fourth-order valence-electron chi connectivity index (χ4n) is 1.45. The minimum atomic E-state index is -0.294. The molecule has 0 atom stereocenters. The molecule has 14 heavy (non-hydrogen) atoms. The second kappa shape index (κ2) is 3.58. The lowest BCUT2D eigenvalue weighted by Gasteiger charge is -2.02. The molecule has 1 aromatic carbocycles. The number of rotatable bonds is 1. The molecule has 0 amide bonds. The molecule has 0 fully saturated rings. The third kappa shape index (κ3) is 1.60. The Hall–Kier alpha value is -1.09. The Morgan fingerprint density at radius 1 is 1.36 bits per heavy atom. The molecule has 0 aliphatic rings. The molecule has 0 aliphatic carbocycles. The van der Waals surface area contributed by atoms with Gasteiger partial charge in [-0.25, -0.2) is 4.79 Å². The highest BCUT2D eigenvalue weighted by Crippen LogP contribution is 2.19. The zero-order chi connectivity index (χ0) is 10.1. The number of halogens is 1. The van der Waals surface area contributed by atoms with Crippen LogP contribution in [0.2, 0.25) is 0 Å². The van der Waals surface area contributed by atoms with Gasteiger partial charge < -0.3 is 4.42 Å². The highest BCUT2D eigenvalue weighted by Gasteiger charge is 2.03. The van der Waals surface area contributed by atoms with Crippen LogP contribution >= 0.6 is 15.9 Å². The molecule has 0 unspecified atom stereocenters. The molecular weight excluding hydrogens is 244 g/mol. The second-order valence-electron chi connectivity index (χ2n) is 3.22. The Morgan fingerprint density at radius 3 is 2.86 bits per heavy atom. The maximum absolute atomic E-state index is 11.2. The van der Waals surface area contributed by atoms with Crippen LogP contribution in [0.4, 0.5) is 0 Å². The Bertz CT molecular complexity index is 528. The third-order valence-corrected chi connectivity index (χ3v) is 2.73. The van der Waals surface area contributed by atoms with Gasteiger partial charge in [-0.3, -0.25) is 0 Å². The van der Waals surface area contributed by atoms with E-state index in [1.165, 1.54) is 6.07 Å². The van der Waals surface area contributed by atoms with Gasteiger partial charge in [0.1, 0.15) is 5.58 Å². The maximum Gasteiger partial charge on any atom is 0.336 e. The molecule has 2 nitrogen and oxygen atoms in total. The van der Waals surface area contributed by atoms with Crippen molar-refractivity contribution in [2.75, 3.05) is 0 Å². The molecule has 0 radical (unpaired) electrons. The number of fused-ring (bicyclic) bond motifs is 1. The predicted octanol–water partition coefficient (Wildman–Crippen LogP) is 3.00. The summed E-state index contributed by atoms with van der Waals surface area (Å²) in [7, 11) is 0. The lowest BCUT2D eigenvalue weighted by Crippen LogP contribution is -1.99. The van der Waals surface area contributed by atoms with Gasteiger partial charge in [0.25, 0.3) is 0 Å². The molecule has 0 spiro atoms. The summed E-state index contributed by atoms with van der Waals surface area (Å²) < 4.78 is 5.11. The molecule has 1 aromatic heterocycles. The standard InChI is InChI=1S/C11H9BrO2/c1-7-2-3-9-8(6-12)5-11(13)14-10(9)4-7/h2-5H,6H2,1H3. The first-order valence-electron chi connectivity index (χ1n) is 4.30. The van der Waals surface area contributed by atoms with E-state index in [1.54, 1.807) is 0 Å². The minimum Gasteiger partial charge on any atom is -0.423 e. The average molecular weight is 253 g/mol. The van der Waals surface area contributed by atoms with Gasteiger partial charge in [-0.2, -0.15) is 0 Å². The lowest BCUT2D eigenvalue weighted by molar-refractivity contribution is 0.559. The van der Waals surface area contributed by atoms with Crippen LogP contribution in [0.15, 0.2) is 33.5 Å². The van der Waals surface area contributed by atoms with Crippen molar-refractivity contribution in [2.24, 2.45) is 0 Å². The van der Waals surface area contributed by atoms with Gasteiger partial charge in [0.2, 0.25) is 0 Å². The van der Waals surface area contributed by atoms with Crippen molar-refractivity contribution in [2.45, 2.75) is 12.3 Å². The van der Waals surface area contributed by atoms with E-state index in [-0.39, 0.29) is 5.63 Å². The van der Waals surface area contributed by atoms with Crippen LogP contribution < -0.4 is 5.63 Å². The Morgan fingerprint density at radius 2 is 2.14 bits per heavy atom. The molecule has 0 bridgehead atoms. The summed E-state index contributed by atoms with van der Waals surface area (Å²) in [6.45, 7) is 1.97.